The molecule has 10 nitrogen and oxygen atoms in total. The van der Waals surface area contributed by atoms with E-state index in [0.29, 0.717) is 16.6 Å². The number of carbonyl (C=O) groups excluding carboxylic acids is 4. The summed E-state index contributed by atoms with van der Waals surface area (Å²) in [4.78, 5) is 49.1. The SMILES string of the molecule is NC(=O)CCN(C(=O)COC(=O)CCNC(=O)c1n[nH]c2ccccc12)c1ccc(F)cc1. The van der Waals surface area contributed by atoms with Crippen LogP contribution in [0.15, 0.2) is 48.5 Å². The van der Waals surface area contributed by atoms with Crippen LogP contribution in [0.1, 0.15) is 23.3 Å². The molecule has 0 fully saturated rings. The smallest absolute Gasteiger partial charge is 0.308 e. The third kappa shape index (κ3) is 6.35. The van der Waals surface area contributed by atoms with E-state index in [1.165, 1.54) is 17.0 Å². The van der Waals surface area contributed by atoms with Crippen LogP contribution in [0.3, 0.4) is 0 Å². The summed E-state index contributed by atoms with van der Waals surface area (Å²) in [5.74, 6) is -2.87. The van der Waals surface area contributed by atoms with Crippen LogP contribution >= 0.6 is 0 Å². The molecule has 11 heteroatoms. The molecule has 1 heterocycles. The molecule has 3 rings (SSSR count). The number of nitrogens with two attached hydrogens (primary N) is 1. The number of ether oxygens (including phenoxy) is 1. The van der Waals surface area contributed by atoms with Gasteiger partial charge >= 0.3 is 5.97 Å². The van der Waals surface area contributed by atoms with Crippen LogP contribution in [0.4, 0.5) is 10.1 Å². The normalized spacial score (nSPS) is 10.6. The third-order valence-electron chi connectivity index (χ3n) is 4.68. The lowest BCUT2D eigenvalue weighted by Gasteiger charge is -2.22. The van der Waals surface area contributed by atoms with Gasteiger partial charge in [0.25, 0.3) is 11.8 Å². The molecule has 3 amide bonds. The lowest BCUT2D eigenvalue weighted by atomic mass is 10.2. The lowest BCUT2D eigenvalue weighted by Crippen LogP contribution is -2.37. The maximum absolute atomic E-state index is 13.2. The molecule has 0 saturated carbocycles. The maximum atomic E-state index is 13.2. The third-order valence-corrected chi connectivity index (χ3v) is 4.68. The van der Waals surface area contributed by atoms with Crippen LogP contribution in [0.5, 0.6) is 0 Å². The summed E-state index contributed by atoms with van der Waals surface area (Å²) >= 11 is 0. The van der Waals surface area contributed by atoms with Crippen molar-refractivity contribution >= 4 is 40.3 Å². The Morgan fingerprint density at radius 2 is 1.79 bits per heavy atom. The average Bonchev–Trinajstić information content (AvgIpc) is 3.23. The first-order valence-corrected chi connectivity index (χ1v) is 10.1. The highest BCUT2D eigenvalue weighted by Gasteiger charge is 2.19. The fourth-order valence-electron chi connectivity index (χ4n) is 3.03. The number of rotatable bonds is 10. The van der Waals surface area contributed by atoms with Gasteiger partial charge in [0.2, 0.25) is 5.91 Å². The highest BCUT2D eigenvalue weighted by Crippen LogP contribution is 2.16. The van der Waals surface area contributed by atoms with E-state index in [2.05, 4.69) is 15.5 Å². The Bertz CT molecular complexity index is 1160. The molecule has 3 aromatic rings. The van der Waals surface area contributed by atoms with E-state index >= 15 is 0 Å². The fourth-order valence-corrected chi connectivity index (χ4v) is 3.03. The van der Waals surface area contributed by atoms with E-state index in [-0.39, 0.29) is 31.6 Å². The second kappa shape index (κ2) is 10.8. The van der Waals surface area contributed by atoms with Crippen molar-refractivity contribution in [1.29, 1.82) is 0 Å². The number of benzene rings is 2. The van der Waals surface area contributed by atoms with Gasteiger partial charge < -0.3 is 20.7 Å². The van der Waals surface area contributed by atoms with E-state index in [0.717, 1.165) is 12.1 Å². The van der Waals surface area contributed by atoms with Crippen LogP contribution in [-0.4, -0.2) is 53.6 Å². The Morgan fingerprint density at radius 3 is 2.52 bits per heavy atom. The van der Waals surface area contributed by atoms with Crippen molar-refractivity contribution in [3.05, 3.63) is 60.0 Å². The monoisotopic (exact) mass is 455 g/mol. The molecule has 4 N–H and O–H groups in total. The average molecular weight is 455 g/mol. The van der Waals surface area contributed by atoms with Gasteiger partial charge in [0.05, 0.1) is 11.9 Å². The van der Waals surface area contributed by atoms with Crippen LogP contribution in [0.2, 0.25) is 0 Å². The summed E-state index contributed by atoms with van der Waals surface area (Å²) < 4.78 is 18.2. The first kappa shape index (κ1) is 23.4. The maximum Gasteiger partial charge on any atom is 0.308 e. The van der Waals surface area contributed by atoms with Crippen molar-refractivity contribution in [2.75, 3.05) is 24.6 Å². The summed E-state index contributed by atoms with van der Waals surface area (Å²) in [6.07, 6.45) is -0.288. The Kier molecular flexibility index (Phi) is 7.68. The number of H-pyrrole nitrogens is 1. The molecule has 0 unspecified atom stereocenters. The fraction of sp³-hybridized carbons (Fsp3) is 0.227. The molecule has 2 aromatic carbocycles. The number of hydrogen-bond acceptors (Lipinski definition) is 6. The quantitative estimate of drug-likeness (QED) is 0.392. The number of nitrogens with zero attached hydrogens (tertiary/aromatic N) is 2. The van der Waals surface area contributed by atoms with Crippen molar-refractivity contribution in [3.63, 3.8) is 0 Å². The van der Waals surface area contributed by atoms with Crippen molar-refractivity contribution < 1.29 is 28.3 Å². The Balaban J connectivity index is 1.48. The summed E-state index contributed by atoms with van der Waals surface area (Å²) in [7, 11) is 0. The van der Waals surface area contributed by atoms with Crippen molar-refractivity contribution in [2.24, 2.45) is 5.73 Å². The zero-order valence-corrected chi connectivity index (χ0v) is 17.5. The van der Waals surface area contributed by atoms with Gasteiger partial charge in [-0.25, -0.2) is 4.39 Å². The van der Waals surface area contributed by atoms with E-state index in [4.69, 9.17) is 10.5 Å². The number of aromatic amines is 1. The number of aromatic nitrogens is 2. The zero-order chi connectivity index (χ0) is 23.8. The number of nitrogens with one attached hydrogen (secondary N) is 2. The molecule has 0 aliphatic heterocycles. The largest absolute Gasteiger partial charge is 0.455 e. The highest BCUT2D eigenvalue weighted by atomic mass is 19.1. The molecule has 33 heavy (non-hydrogen) atoms. The Morgan fingerprint density at radius 1 is 1.06 bits per heavy atom. The van der Waals surface area contributed by atoms with Gasteiger partial charge in [-0.2, -0.15) is 5.10 Å². The van der Waals surface area contributed by atoms with E-state index in [1.807, 2.05) is 6.07 Å². The molecule has 0 radical (unpaired) electrons. The van der Waals surface area contributed by atoms with Crippen molar-refractivity contribution in [2.45, 2.75) is 12.8 Å². The van der Waals surface area contributed by atoms with E-state index < -0.39 is 36.1 Å². The lowest BCUT2D eigenvalue weighted by molar-refractivity contribution is -0.147. The van der Waals surface area contributed by atoms with Gasteiger partial charge in [-0.05, 0) is 30.3 Å². The number of halogens is 1. The van der Waals surface area contributed by atoms with Gasteiger partial charge in [-0.1, -0.05) is 18.2 Å². The molecule has 0 spiro atoms. The minimum atomic E-state index is -0.704. The molecule has 0 aliphatic rings. The summed E-state index contributed by atoms with van der Waals surface area (Å²) in [6.45, 7) is -0.658. The van der Waals surface area contributed by atoms with Gasteiger partial charge in [-0.15, -0.1) is 0 Å². The highest BCUT2D eigenvalue weighted by molar-refractivity contribution is 6.04. The van der Waals surface area contributed by atoms with Crippen molar-refractivity contribution in [3.8, 4) is 0 Å². The molecule has 1 aromatic heterocycles. The predicted molar refractivity (Wildman–Crippen MR) is 117 cm³/mol. The first-order valence-electron chi connectivity index (χ1n) is 10.1. The zero-order valence-electron chi connectivity index (χ0n) is 17.5. The molecule has 0 saturated heterocycles. The van der Waals surface area contributed by atoms with Crippen LogP contribution in [0, 0.1) is 5.82 Å². The van der Waals surface area contributed by atoms with Crippen molar-refractivity contribution in [1.82, 2.24) is 15.5 Å². The topological polar surface area (TPSA) is 147 Å². The number of fused-ring (bicyclic) bond motifs is 1. The van der Waals surface area contributed by atoms with Crippen LogP contribution in [0.25, 0.3) is 10.9 Å². The van der Waals surface area contributed by atoms with Crippen LogP contribution < -0.4 is 16.0 Å². The summed E-state index contributed by atoms with van der Waals surface area (Å²) in [5, 5.41) is 9.96. The molecule has 0 atom stereocenters. The molecule has 172 valence electrons. The van der Waals surface area contributed by atoms with Gasteiger partial charge in [0.1, 0.15) is 5.82 Å². The molecule has 0 aliphatic carbocycles. The summed E-state index contributed by atoms with van der Waals surface area (Å²) in [6, 6.07) is 12.2. The van der Waals surface area contributed by atoms with Gasteiger partial charge in [0.15, 0.2) is 12.3 Å². The van der Waals surface area contributed by atoms with E-state index in [1.54, 1.807) is 18.2 Å². The Hall–Kier alpha value is -4.28. The number of esters is 1. The number of carbonyl (C=O) groups is 4. The number of amides is 3. The molecular weight excluding hydrogens is 433 g/mol. The molecule has 0 bridgehead atoms. The number of primary amides is 1. The minimum Gasteiger partial charge on any atom is -0.455 e. The predicted octanol–water partition coefficient (Wildman–Crippen LogP) is 1.27. The number of anilines is 1. The van der Waals surface area contributed by atoms with Gasteiger partial charge in [0, 0.05) is 30.6 Å². The Labute approximate surface area is 187 Å². The standard InChI is InChI=1S/C22H22FN5O5/c23-14-5-7-15(8-6-14)28(12-10-18(24)29)19(30)13-33-20(31)9-11-25-22(32)21-16-3-1-2-4-17(16)26-27-21/h1-8H,9-13H2,(H2,24,29)(H,25,32)(H,26,27). The second-order valence-electron chi connectivity index (χ2n) is 7.02. The molecular formula is C22H22FN5O5. The number of para-hydroxylation sites is 1. The number of hydrogen-bond donors (Lipinski definition) is 3. The minimum absolute atomic E-state index is 0.0175. The second-order valence-corrected chi connectivity index (χ2v) is 7.02. The van der Waals surface area contributed by atoms with Gasteiger partial charge in [-0.3, -0.25) is 24.3 Å². The summed E-state index contributed by atoms with van der Waals surface area (Å²) in [5.41, 5.74) is 6.40. The van der Waals surface area contributed by atoms with Crippen LogP contribution in [-0.2, 0) is 19.1 Å². The van der Waals surface area contributed by atoms with E-state index in [9.17, 15) is 23.6 Å². The first-order chi connectivity index (χ1) is 15.8.